The lowest BCUT2D eigenvalue weighted by Crippen LogP contribution is -2.04. The number of nitrogens with zero attached hydrogens (tertiary/aromatic N) is 5. The molecular weight excluding hydrogens is 322 g/mol. The summed E-state index contributed by atoms with van der Waals surface area (Å²) in [7, 11) is 0. The van der Waals surface area contributed by atoms with E-state index < -0.39 is 5.97 Å². The molecule has 3 heterocycles. The van der Waals surface area contributed by atoms with E-state index >= 15 is 0 Å². The molecule has 3 aromatic rings. The smallest absolute Gasteiger partial charge is 0.396 e. The minimum absolute atomic E-state index is 0.172. The molecule has 4 rings (SSSR count). The normalized spacial score (nSPS) is 13.8. The van der Waals surface area contributed by atoms with Crippen LogP contribution in [0.15, 0.2) is 22.9 Å². The molecule has 0 radical (unpaired) electrons. The highest BCUT2D eigenvalue weighted by molar-refractivity contribution is 5.83. The molecule has 0 aromatic carbocycles. The van der Waals surface area contributed by atoms with Crippen molar-refractivity contribution in [2.45, 2.75) is 32.1 Å². The fourth-order valence-electron chi connectivity index (χ4n) is 2.73. The van der Waals surface area contributed by atoms with Crippen LogP contribution >= 0.6 is 0 Å². The van der Waals surface area contributed by atoms with E-state index in [0.717, 1.165) is 18.4 Å². The maximum atomic E-state index is 11.6. The van der Waals surface area contributed by atoms with Gasteiger partial charge in [-0.1, -0.05) is 0 Å². The number of hydrogen-bond acceptors (Lipinski definition) is 7. The van der Waals surface area contributed by atoms with Gasteiger partial charge in [0.2, 0.25) is 5.89 Å². The van der Waals surface area contributed by atoms with Crippen molar-refractivity contribution in [3.05, 3.63) is 47.1 Å². The van der Waals surface area contributed by atoms with Crippen molar-refractivity contribution >= 4 is 11.6 Å². The van der Waals surface area contributed by atoms with Crippen LogP contribution in [-0.2, 0) is 11.2 Å². The fourth-order valence-corrected chi connectivity index (χ4v) is 2.73. The van der Waals surface area contributed by atoms with Gasteiger partial charge in [0.05, 0.1) is 24.3 Å². The Labute approximate surface area is 143 Å². The van der Waals surface area contributed by atoms with Crippen LogP contribution in [0, 0.1) is 11.3 Å². The monoisotopic (exact) mass is 337 g/mol. The Morgan fingerprint density at radius 2 is 2.28 bits per heavy atom. The number of nitriles is 1. The number of esters is 1. The molecule has 1 saturated carbocycles. The van der Waals surface area contributed by atoms with E-state index in [-0.39, 0.29) is 24.8 Å². The molecule has 126 valence electrons. The molecular formula is C17H15N5O3. The van der Waals surface area contributed by atoms with E-state index in [1.54, 1.807) is 6.92 Å². The van der Waals surface area contributed by atoms with E-state index in [2.05, 4.69) is 21.3 Å². The van der Waals surface area contributed by atoms with Gasteiger partial charge in [0, 0.05) is 12.4 Å². The molecule has 25 heavy (non-hydrogen) atoms. The van der Waals surface area contributed by atoms with Crippen molar-refractivity contribution in [2.75, 3.05) is 6.61 Å². The minimum atomic E-state index is -0.642. The second kappa shape index (κ2) is 6.02. The minimum Gasteiger partial charge on any atom is -0.459 e. The van der Waals surface area contributed by atoms with Crippen molar-refractivity contribution in [2.24, 2.45) is 0 Å². The second-order valence-corrected chi connectivity index (χ2v) is 5.93. The Bertz CT molecular complexity index is 994. The van der Waals surface area contributed by atoms with Crippen LogP contribution in [-0.4, -0.2) is 32.2 Å². The molecule has 3 aromatic heterocycles. The number of aromatic nitrogens is 4. The van der Waals surface area contributed by atoms with Gasteiger partial charge in [-0.05, 0) is 37.3 Å². The van der Waals surface area contributed by atoms with Gasteiger partial charge >= 0.3 is 11.9 Å². The number of imidazole rings is 1. The van der Waals surface area contributed by atoms with Crippen molar-refractivity contribution in [1.29, 1.82) is 5.26 Å². The lowest BCUT2D eigenvalue weighted by atomic mass is 10.1. The van der Waals surface area contributed by atoms with E-state index in [1.807, 2.05) is 22.9 Å². The highest BCUT2D eigenvalue weighted by atomic mass is 16.5. The van der Waals surface area contributed by atoms with Crippen molar-refractivity contribution in [1.82, 2.24) is 19.6 Å². The number of pyridine rings is 1. The second-order valence-electron chi connectivity index (χ2n) is 5.93. The first-order chi connectivity index (χ1) is 12.2. The molecule has 0 N–H and O–H groups in total. The molecule has 8 heteroatoms. The summed E-state index contributed by atoms with van der Waals surface area (Å²) >= 11 is 0. The summed E-state index contributed by atoms with van der Waals surface area (Å²) in [6, 6.07) is 4.12. The van der Waals surface area contributed by atoms with Crippen LogP contribution in [0.4, 0.5) is 0 Å². The zero-order valence-corrected chi connectivity index (χ0v) is 13.6. The fraction of sp³-hybridized carbons (Fsp3) is 0.353. The lowest BCUT2D eigenvalue weighted by molar-refractivity contribution is 0.0479. The number of fused-ring (bicyclic) bond motifs is 1. The topological polar surface area (TPSA) is 106 Å². The van der Waals surface area contributed by atoms with Gasteiger partial charge in [0.1, 0.15) is 6.07 Å². The Balaban J connectivity index is 1.62. The first-order valence-corrected chi connectivity index (χ1v) is 8.09. The Kier molecular flexibility index (Phi) is 3.69. The molecule has 0 unspecified atom stereocenters. The van der Waals surface area contributed by atoms with Crippen LogP contribution in [0.1, 0.15) is 59.1 Å². The SMILES string of the molecule is CCOC(=O)c1nnc(Cc2cn3cc(C4CC4)cc(C#N)c3n2)o1. The molecule has 0 bridgehead atoms. The predicted molar refractivity (Wildman–Crippen MR) is 84.9 cm³/mol. The van der Waals surface area contributed by atoms with Gasteiger partial charge in [-0.3, -0.25) is 0 Å². The largest absolute Gasteiger partial charge is 0.459 e. The number of ether oxygens (including phenoxy) is 1. The zero-order valence-electron chi connectivity index (χ0n) is 13.6. The van der Waals surface area contributed by atoms with Crippen molar-refractivity contribution in [3.8, 4) is 6.07 Å². The highest BCUT2D eigenvalue weighted by Crippen LogP contribution is 2.40. The average Bonchev–Trinajstić information content (AvgIpc) is 3.22. The maximum Gasteiger partial charge on any atom is 0.396 e. The number of carbonyl (C=O) groups excluding carboxylic acids is 1. The van der Waals surface area contributed by atoms with E-state index in [9.17, 15) is 10.1 Å². The summed E-state index contributed by atoms with van der Waals surface area (Å²) in [5.41, 5.74) is 3.00. The van der Waals surface area contributed by atoms with E-state index in [0.29, 0.717) is 22.8 Å². The van der Waals surface area contributed by atoms with Crippen LogP contribution in [0.25, 0.3) is 5.65 Å². The Morgan fingerprint density at radius 1 is 1.44 bits per heavy atom. The van der Waals surface area contributed by atoms with Crippen LogP contribution in [0.3, 0.4) is 0 Å². The summed E-state index contributed by atoms with van der Waals surface area (Å²) in [6.07, 6.45) is 6.46. The van der Waals surface area contributed by atoms with E-state index in [4.69, 9.17) is 9.15 Å². The molecule has 0 spiro atoms. The van der Waals surface area contributed by atoms with Crippen molar-refractivity contribution < 1.29 is 13.9 Å². The number of carbonyl (C=O) groups is 1. The number of hydrogen-bond donors (Lipinski definition) is 0. The summed E-state index contributed by atoms with van der Waals surface area (Å²) in [4.78, 5) is 16.1. The first-order valence-electron chi connectivity index (χ1n) is 8.09. The van der Waals surface area contributed by atoms with Gasteiger partial charge in [-0.25, -0.2) is 9.78 Å². The molecule has 0 aliphatic heterocycles. The van der Waals surface area contributed by atoms with Crippen LogP contribution in [0.5, 0.6) is 0 Å². The molecule has 0 atom stereocenters. The summed E-state index contributed by atoms with van der Waals surface area (Å²) < 4.78 is 12.0. The average molecular weight is 337 g/mol. The third-order valence-corrected chi connectivity index (χ3v) is 4.04. The number of rotatable bonds is 5. The highest BCUT2D eigenvalue weighted by Gasteiger charge is 2.25. The summed E-state index contributed by atoms with van der Waals surface area (Å²) in [6.45, 7) is 1.94. The predicted octanol–water partition coefficient (Wildman–Crippen LogP) is 2.23. The van der Waals surface area contributed by atoms with Crippen molar-refractivity contribution in [3.63, 3.8) is 0 Å². The molecule has 1 aliphatic rings. The summed E-state index contributed by atoms with van der Waals surface area (Å²) in [5, 5.41) is 16.9. The molecule has 1 aliphatic carbocycles. The quantitative estimate of drug-likeness (QED) is 0.657. The Morgan fingerprint density at radius 3 is 3.00 bits per heavy atom. The van der Waals surface area contributed by atoms with Gasteiger partial charge in [0.15, 0.2) is 5.65 Å². The van der Waals surface area contributed by atoms with Gasteiger partial charge < -0.3 is 13.6 Å². The molecule has 8 nitrogen and oxygen atoms in total. The standard InChI is InChI=1S/C17H15N5O3/c1-2-24-17(23)16-21-20-14(25-16)6-13-9-22-8-12(10-3-4-10)5-11(7-18)15(22)19-13/h5,8-10H,2-4,6H2,1H3. The van der Waals surface area contributed by atoms with Crippen LogP contribution < -0.4 is 0 Å². The third kappa shape index (κ3) is 2.96. The van der Waals surface area contributed by atoms with Gasteiger partial charge in [0.25, 0.3) is 0 Å². The first kappa shape index (κ1) is 15.3. The lowest BCUT2D eigenvalue weighted by Gasteiger charge is -2.01. The van der Waals surface area contributed by atoms with Gasteiger partial charge in [-0.15, -0.1) is 10.2 Å². The Hall–Kier alpha value is -3.21. The van der Waals surface area contributed by atoms with E-state index in [1.165, 1.54) is 0 Å². The maximum absolute atomic E-state index is 11.6. The summed E-state index contributed by atoms with van der Waals surface area (Å²) in [5.74, 6) is 0.00394. The molecule has 0 amide bonds. The van der Waals surface area contributed by atoms with Gasteiger partial charge in [-0.2, -0.15) is 5.26 Å². The zero-order chi connectivity index (χ0) is 17.4. The third-order valence-electron chi connectivity index (χ3n) is 4.04. The molecule has 1 fully saturated rings. The molecule has 0 saturated heterocycles. The van der Waals surface area contributed by atoms with Crippen LogP contribution in [0.2, 0.25) is 0 Å².